The molecule has 0 aliphatic heterocycles. The molecule has 1 amide bonds. The molecule has 0 aliphatic carbocycles. The zero-order valence-corrected chi connectivity index (χ0v) is 18.5. The molecule has 0 saturated heterocycles. The van der Waals surface area contributed by atoms with Crippen LogP contribution in [0.4, 0.5) is 5.69 Å². The fourth-order valence-electron chi connectivity index (χ4n) is 2.68. The number of hydrogen-bond donors (Lipinski definition) is 1. The molecule has 7 heteroatoms. The van der Waals surface area contributed by atoms with Gasteiger partial charge in [0.25, 0.3) is 0 Å². The van der Waals surface area contributed by atoms with E-state index in [1.807, 2.05) is 26.0 Å². The largest absolute Gasteiger partial charge is 0.354 e. The third-order valence-electron chi connectivity index (χ3n) is 4.25. The van der Waals surface area contributed by atoms with Crippen LogP contribution in [0.5, 0.6) is 0 Å². The van der Waals surface area contributed by atoms with Crippen LogP contribution < -0.4 is 9.62 Å². The third-order valence-corrected chi connectivity index (χ3v) is 6.48. The number of aryl methyl sites for hydroxylation is 3. The standard InChI is InChI=1S/C21H28N2O3S2/c1-16-7-10-19(11-8-16)27-13-5-12-22-21(24)15-23(28(4,25)26)20-14-17(2)6-9-18(20)3/h6-11,14H,5,12-13,15H2,1-4H3,(H,22,24). The summed E-state index contributed by atoms with van der Waals surface area (Å²) < 4.78 is 25.6. The predicted molar refractivity (Wildman–Crippen MR) is 118 cm³/mol. The van der Waals surface area contributed by atoms with Crippen LogP contribution in [0.25, 0.3) is 0 Å². The topological polar surface area (TPSA) is 66.5 Å². The van der Waals surface area contributed by atoms with Crippen molar-refractivity contribution in [2.75, 3.05) is 29.4 Å². The highest BCUT2D eigenvalue weighted by molar-refractivity contribution is 7.99. The number of hydrogen-bond acceptors (Lipinski definition) is 4. The number of anilines is 1. The van der Waals surface area contributed by atoms with Crippen LogP contribution in [0.1, 0.15) is 23.1 Å². The van der Waals surface area contributed by atoms with Crippen LogP contribution in [-0.2, 0) is 14.8 Å². The zero-order chi connectivity index (χ0) is 20.7. The molecule has 2 rings (SSSR count). The van der Waals surface area contributed by atoms with Crippen molar-refractivity contribution in [3.63, 3.8) is 0 Å². The maximum Gasteiger partial charge on any atom is 0.240 e. The van der Waals surface area contributed by atoms with Crippen molar-refractivity contribution in [2.24, 2.45) is 0 Å². The minimum Gasteiger partial charge on any atom is -0.354 e. The number of benzene rings is 2. The van der Waals surface area contributed by atoms with Gasteiger partial charge in [0.2, 0.25) is 15.9 Å². The Hall–Kier alpha value is -1.99. The lowest BCUT2D eigenvalue weighted by molar-refractivity contribution is -0.119. The molecule has 2 aromatic rings. The fourth-order valence-corrected chi connectivity index (χ4v) is 4.44. The molecule has 2 aromatic carbocycles. The van der Waals surface area contributed by atoms with Crippen LogP contribution in [0, 0.1) is 20.8 Å². The van der Waals surface area contributed by atoms with Gasteiger partial charge in [-0.2, -0.15) is 0 Å². The van der Waals surface area contributed by atoms with Gasteiger partial charge in [-0.05, 0) is 62.3 Å². The second-order valence-electron chi connectivity index (χ2n) is 6.92. The van der Waals surface area contributed by atoms with E-state index in [0.29, 0.717) is 12.2 Å². The van der Waals surface area contributed by atoms with E-state index in [1.165, 1.54) is 14.8 Å². The third kappa shape index (κ3) is 6.87. The number of rotatable bonds is 9. The van der Waals surface area contributed by atoms with Gasteiger partial charge in [-0.15, -0.1) is 11.8 Å². The Balaban J connectivity index is 1.86. The summed E-state index contributed by atoms with van der Waals surface area (Å²) in [5, 5.41) is 2.83. The molecule has 0 unspecified atom stereocenters. The minimum absolute atomic E-state index is 0.214. The Morgan fingerprint density at radius 1 is 1.04 bits per heavy atom. The van der Waals surface area contributed by atoms with Gasteiger partial charge in [-0.25, -0.2) is 8.42 Å². The normalized spacial score (nSPS) is 11.3. The Morgan fingerprint density at radius 2 is 1.68 bits per heavy atom. The van der Waals surface area contributed by atoms with E-state index in [4.69, 9.17) is 0 Å². The lowest BCUT2D eigenvalue weighted by Gasteiger charge is -2.24. The van der Waals surface area contributed by atoms with Gasteiger partial charge in [0.15, 0.2) is 0 Å². The first-order valence-electron chi connectivity index (χ1n) is 9.18. The van der Waals surface area contributed by atoms with Gasteiger partial charge in [0, 0.05) is 11.4 Å². The van der Waals surface area contributed by atoms with Crippen molar-refractivity contribution in [3.05, 3.63) is 59.2 Å². The molecule has 0 aliphatic rings. The summed E-state index contributed by atoms with van der Waals surface area (Å²) in [6, 6.07) is 13.9. The van der Waals surface area contributed by atoms with Gasteiger partial charge in [-0.3, -0.25) is 9.10 Å². The Morgan fingerprint density at radius 3 is 2.32 bits per heavy atom. The number of sulfonamides is 1. The molecule has 5 nitrogen and oxygen atoms in total. The number of thioether (sulfide) groups is 1. The van der Waals surface area contributed by atoms with Crippen molar-refractivity contribution in [1.82, 2.24) is 5.32 Å². The van der Waals surface area contributed by atoms with Gasteiger partial charge in [-0.1, -0.05) is 29.8 Å². The summed E-state index contributed by atoms with van der Waals surface area (Å²) in [5.74, 6) is 0.586. The zero-order valence-electron chi connectivity index (χ0n) is 16.9. The highest BCUT2D eigenvalue weighted by atomic mass is 32.2. The first kappa shape index (κ1) is 22.3. The summed E-state index contributed by atoms with van der Waals surface area (Å²) in [7, 11) is -3.56. The molecular weight excluding hydrogens is 392 g/mol. The molecule has 1 N–H and O–H groups in total. The minimum atomic E-state index is -3.56. The Bertz CT molecular complexity index is 910. The fraction of sp³-hybridized carbons (Fsp3) is 0.381. The van der Waals surface area contributed by atoms with Crippen molar-refractivity contribution < 1.29 is 13.2 Å². The number of carbonyl (C=O) groups excluding carboxylic acids is 1. The predicted octanol–water partition coefficient (Wildman–Crippen LogP) is 3.68. The van der Waals surface area contributed by atoms with E-state index in [9.17, 15) is 13.2 Å². The van der Waals surface area contributed by atoms with E-state index in [1.54, 1.807) is 17.8 Å². The summed E-state index contributed by atoms with van der Waals surface area (Å²) in [6.45, 7) is 6.10. The van der Waals surface area contributed by atoms with Crippen molar-refractivity contribution in [2.45, 2.75) is 32.1 Å². The SMILES string of the molecule is Cc1ccc(SCCCNC(=O)CN(c2cc(C)ccc2C)S(C)(=O)=O)cc1. The number of nitrogens with zero attached hydrogens (tertiary/aromatic N) is 1. The molecule has 0 heterocycles. The van der Waals surface area contributed by atoms with Gasteiger partial charge < -0.3 is 5.32 Å². The maximum absolute atomic E-state index is 12.3. The van der Waals surface area contributed by atoms with Crippen molar-refractivity contribution >= 4 is 33.4 Å². The van der Waals surface area contributed by atoms with Gasteiger partial charge in [0.1, 0.15) is 6.54 Å². The molecule has 0 aromatic heterocycles. The molecular formula is C21H28N2O3S2. The van der Waals surface area contributed by atoms with Crippen molar-refractivity contribution in [3.8, 4) is 0 Å². The molecule has 0 fully saturated rings. The van der Waals surface area contributed by atoms with Crippen LogP contribution in [0.15, 0.2) is 47.4 Å². The van der Waals surface area contributed by atoms with Crippen LogP contribution in [0.3, 0.4) is 0 Å². The first-order valence-corrected chi connectivity index (χ1v) is 12.0. The molecule has 0 saturated carbocycles. The summed E-state index contributed by atoms with van der Waals surface area (Å²) in [6.07, 6.45) is 1.94. The average Bonchev–Trinajstić information content (AvgIpc) is 2.62. The second-order valence-corrected chi connectivity index (χ2v) is 10.00. The highest BCUT2D eigenvalue weighted by Crippen LogP contribution is 2.23. The quantitative estimate of drug-likeness (QED) is 0.496. The molecule has 0 atom stereocenters. The molecule has 0 radical (unpaired) electrons. The highest BCUT2D eigenvalue weighted by Gasteiger charge is 2.22. The molecule has 0 spiro atoms. The maximum atomic E-state index is 12.3. The van der Waals surface area contributed by atoms with E-state index in [-0.39, 0.29) is 12.5 Å². The first-order chi connectivity index (χ1) is 13.2. The smallest absolute Gasteiger partial charge is 0.240 e. The summed E-state index contributed by atoms with van der Waals surface area (Å²) in [4.78, 5) is 13.5. The number of amides is 1. The van der Waals surface area contributed by atoms with Crippen molar-refractivity contribution in [1.29, 1.82) is 0 Å². The average molecular weight is 421 g/mol. The Labute approximate surface area is 172 Å². The van der Waals surface area contributed by atoms with E-state index in [2.05, 4.69) is 36.5 Å². The van der Waals surface area contributed by atoms with Crippen LogP contribution >= 0.6 is 11.8 Å². The molecule has 152 valence electrons. The van der Waals surface area contributed by atoms with E-state index >= 15 is 0 Å². The molecule has 28 heavy (non-hydrogen) atoms. The number of nitrogens with one attached hydrogen (secondary N) is 1. The molecule has 0 bridgehead atoms. The number of carbonyl (C=O) groups is 1. The van der Waals surface area contributed by atoms with E-state index < -0.39 is 10.0 Å². The van der Waals surface area contributed by atoms with E-state index in [0.717, 1.165) is 29.6 Å². The van der Waals surface area contributed by atoms with Gasteiger partial charge >= 0.3 is 0 Å². The summed E-state index contributed by atoms with van der Waals surface area (Å²) in [5.41, 5.74) is 3.55. The summed E-state index contributed by atoms with van der Waals surface area (Å²) >= 11 is 1.74. The second kappa shape index (κ2) is 9.98. The Kier molecular flexibility index (Phi) is 7.95. The lowest BCUT2D eigenvalue weighted by Crippen LogP contribution is -2.41. The van der Waals surface area contributed by atoms with Crippen LogP contribution in [0.2, 0.25) is 0 Å². The van der Waals surface area contributed by atoms with Gasteiger partial charge in [0.05, 0.1) is 11.9 Å². The lowest BCUT2D eigenvalue weighted by atomic mass is 10.1. The van der Waals surface area contributed by atoms with Crippen LogP contribution in [-0.4, -0.2) is 39.4 Å². The monoisotopic (exact) mass is 420 g/mol.